The van der Waals surface area contributed by atoms with Crippen LogP contribution in [0.2, 0.25) is 0 Å². The van der Waals surface area contributed by atoms with Crippen LogP contribution in [0, 0.1) is 5.92 Å². The molecule has 0 saturated heterocycles. The van der Waals surface area contributed by atoms with Crippen LogP contribution >= 0.6 is 0 Å². The molecule has 2 unspecified atom stereocenters. The number of carbonyl (C=O) groups excluding carboxylic acids is 4. The van der Waals surface area contributed by atoms with Gasteiger partial charge in [-0.25, -0.2) is 4.79 Å². The van der Waals surface area contributed by atoms with Crippen molar-refractivity contribution in [2.75, 3.05) is 33.8 Å². The average Bonchev–Trinajstić information content (AvgIpc) is 3.27. The van der Waals surface area contributed by atoms with Gasteiger partial charge < -0.3 is 39.6 Å². The number of ether oxygens (including phenoxy) is 5. The van der Waals surface area contributed by atoms with E-state index in [0.29, 0.717) is 59.1 Å². The number of alkyl carbamates (subject to hydrolysis) is 1. The van der Waals surface area contributed by atoms with Crippen LogP contribution in [0.15, 0.2) is 60.7 Å². The van der Waals surface area contributed by atoms with Crippen LogP contribution in [0.4, 0.5) is 10.5 Å². The van der Waals surface area contributed by atoms with Gasteiger partial charge in [0.05, 0.1) is 34.1 Å². The van der Waals surface area contributed by atoms with Crippen LogP contribution in [0.1, 0.15) is 76.1 Å². The Morgan fingerprint density at radius 3 is 2.11 bits per heavy atom. The maximum Gasteiger partial charge on any atom is 0.407 e. The molecule has 2 atom stereocenters. The second-order valence-electron chi connectivity index (χ2n) is 14.6. The summed E-state index contributed by atoms with van der Waals surface area (Å²) in [5.74, 6) is 0.849. The Kier molecular flexibility index (Phi) is 14.1. The third-order valence-electron chi connectivity index (χ3n) is 8.75. The monoisotopic (exact) mass is 743 g/mol. The Balaban J connectivity index is 1.62. The first-order chi connectivity index (χ1) is 25.7. The topological polar surface area (TPSA) is 151 Å². The average molecular weight is 744 g/mol. The van der Waals surface area contributed by atoms with E-state index in [1.807, 2.05) is 56.3 Å². The second kappa shape index (κ2) is 18.5. The number of allylic oxidation sites excluding steroid dienone is 1. The number of methoxy groups -OCH3 is 4. The Bertz CT molecular complexity index is 1850. The summed E-state index contributed by atoms with van der Waals surface area (Å²) in [7, 11) is 6.10. The van der Waals surface area contributed by atoms with E-state index in [9.17, 15) is 19.2 Å². The van der Waals surface area contributed by atoms with Crippen molar-refractivity contribution in [3.8, 4) is 23.0 Å². The molecule has 0 saturated carbocycles. The lowest BCUT2D eigenvalue weighted by molar-refractivity contribution is -0.127. The molecule has 0 aromatic heterocycles. The molecule has 0 radical (unpaired) electrons. The maximum atomic E-state index is 14.0. The zero-order chi connectivity index (χ0) is 39.6. The van der Waals surface area contributed by atoms with Crippen molar-refractivity contribution in [2.24, 2.45) is 5.92 Å². The number of anilines is 1. The van der Waals surface area contributed by atoms with E-state index in [0.717, 1.165) is 16.7 Å². The van der Waals surface area contributed by atoms with Gasteiger partial charge in [-0.15, -0.1) is 0 Å². The summed E-state index contributed by atoms with van der Waals surface area (Å²) in [6.07, 6.45) is 2.27. The van der Waals surface area contributed by atoms with Crippen molar-refractivity contribution in [3.63, 3.8) is 0 Å². The van der Waals surface area contributed by atoms with E-state index < -0.39 is 35.6 Å². The predicted molar refractivity (Wildman–Crippen MR) is 207 cm³/mol. The molecule has 12 nitrogen and oxygen atoms in total. The van der Waals surface area contributed by atoms with Crippen LogP contribution < -0.4 is 34.9 Å². The van der Waals surface area contributed by atoms with Gasteiger partial charge in [0.2, 0.25) is 17.6 Å². The highest BCUT2D eigenvalue weighted by atomic mass is 16.6. The van der Waals surface area contributed by atoms with Crippen LogP contribution in [0.3, 0.4) is 0 Å². The van der Waals surface area contributed by atoms with E-state index >= 15 is 0 Å². The quantitative estimate of drug-likeness (QED) is 0.155. The Morgan fingerprint density at radius 2 is 1.50 bits per heavy atom. The summed E-state index contributed by atoms with van der Waals surface area (Å²) in [5.41, 5.74) is 3.33. The van der Waals surface area contributed by atoms with E-state index in [2.05, 4.69) is 16.0 Å². The van der Waals surface area contributed by atoms with E-state index in [1.165, 1.54) is 21.3 Å². The molecule has 54 heavy (non-hydrogen) atoms. The molecule has 1 aliphatic carbocycles. The zero-order valence-corrected chi connectivity index (χ0v) is 32.7. The minimum absolute atomic E-state index is 0.0508. The summed E-state index contributed by atoms with van der Waals surface area (Å²) < 4.78 is 28.1. The molecule has 3 amide bonds. The number of hydrogen-bond acceptors (Lipinski definition) is 9. The Hall–Kier alpha value is -5.52. The third-order valence-corrected chi connectivity index (χ3v) is 8.75. The van der Waals surface area contributed by atoms with Gasteiger partial charge in [-0.2, -0.15) is 0 Å². The van der Waals surface area contributed by atoms with E-state index in [1.54, 1.807) is 46.1 Å². The summed E-state index contributed by atoms with van der Waals surface area (Å²) in [6, 6.07) is 15.1. The van der Waals surface area contributed by atoms with Crippen LogP contribution in [-0.2, 0) is 32.0 Å². The highest BCUT2D eigenvalue weighted by Gasteiger charge is 2.29. The van der Waals surface area contributed by atoms with Gasteiger partial charge in [-0.05, 0) is 92.5 Å². The van der Waals surface area contributed by atoms with Crippen LogP contribution in [0.5, 0.6) is 23.0 Å². The van der Waals surface area contributed by atoms with Gasteiger partial charge in [-0.1, -0.05) is 50.2 Å². The van der Waals surface area contributed by atoms with Crippen molar-refractivity contribution in [1.29, 1.82) is 0 Å². The molecule has 3 N–H and O–H groups in total. The number of hydrogen-bond donors (Lipinski definition) is 3. The zero-order valence-electron chi connectivity index (χ0n) is 32.7. The van der Waals surface area contributed by atoms with Gasteiger partial charge in [0.15, 0.2) is 17.3 Å². The van der Waals surface area contributed by atoms with E-state index in [-0.39, 0.29) is 24.5 Å². The van der Waals surface area contributed by atoms with Crippen molar-refractivity contribution >= 4 is 35.0 Å². The lowest BCUT2D eigenvalue weighted by Crippen LogP contribution is -2.48. The normalized spacial score (nSPS) is 13.7. The van der Waals surface area contributed by atoms with Crippen molar-refractivity contribution in [1.82, 2.24) is 10.6 Å². The van der Waals surface area contributed by atoms with Gasteiger partial charge in [0.25, 0.3) is 0 Å². The highest BCUT2D eigenvalue weighted by molar-refractivity contribution is 6.04. The number of nitrogens with one attached hydrogen (secondary N) is 3. The Labute approximate surface area is 317 Å². The fraction of sp³-hybridized carbons (Fsp3) is 0.429. The SMILES string of the molecule is COc1ccc(C2=CC(=O)CCc3c2cc(OC)c(OC)c3OC)cc1NC(=O)C(CC(C)C)NC(=O)CC(Cc1ccccc1)NC(=O)OC(C)(C)C. The van der Waals surface area contributed by atoms with Crippen molar-refractivity contribution in [3.05, 3.63) is 82.9 Å². The number of fused-ring (bicyclic) bond motifs is 1. The van der Waals surface area contributed by atoms with Gasteiger partial charge in [-0.3, -0.25) is 14.4 Å². The standard InChI is InChI=1S/C42H53N3O9/c1-25(2)19-34(44-37(47)22-28(20-26-13-11-10-12-14-26)43-41(49)54-42(3,4)5)40(48)45-33-21-27(15-18-35(33)50-6)31-23-29(46)16-17-30-32(31)24-36(51-7)39(53-9)38(30)52-8/h10-15,18,21,23-25,28,34H,16-17,19-20,22H2,1-9H3,(H,43,49)(H,44,47)(H,45,48). The number of benzene rings is 3. The molecule has 0 spiro atoms. The summed E-state index contributed by atoms with van der Waals surface area (Å²) in [6.45, 7) is 9.22. The lowest BCUT2D eigenvalue weighted by atomic mass is 9.92. The molecule has 290 valence electrons. The van der Waals surface area contributed by atoms with Crippen molar-refractivity contribution in [2.45, 2.75) is 84.4 Å². The molecule has 0 bridgehead atoms. The van der Waals surface area contributed by atoms with Crippen LogP contribution in [0.25, 0.3) is 5.57 Å². The lowest BCUT2D eigenvalue weighted by Gasteiger charge is -2.25. The number of amides is 3. The molecule has 0 heterocycles. The predicted octanol–water partition coefficient (Wildman–Crippen LogP) is 6.66. The number of ketones is 1. The molecular formula is C42H53N3O9. The summed E-state index contributed by atoms with van der Waals surface area (Å²) in [5, 5.41) is 8.71. The van der Waals surface area contributed by atoms with Gasteiger partial charge >= 0.3 is 6.09 Å². The number of carbonyl (C=O) groups is 4. The minimum Gasteiger partial charge on any atom is -0.495 e. The molecule has 4 rings (SSSR count). The molecule has 12 heteroatoms. The molecule has 1 aliphatic rings. The molecule has 3 aromatic carbocycles. The largest absolute Gasteiger partial charge is 0.495 e. The minimum atomic E-state index is -0.912. The highest BCUT2D eigenvalue weighted by Crippen LogP contribution is 2.47. The third kappa shape index (κ3) is 11.0. The first kappa shape index (κ1) is 41.2. The van der Waals surface area contributed by atoms with Crippen LogP contribution in [-0.4, -0.2) is 69.8 Å². The number of rotatable bonds is 15. The summed E-state index contributed by atoms with van der Waals surface area (Å²) >= 11 is 0. The molecule has 0 fully saturated rings. The molecule has 3 aromatic rings. The van der Waals surface area contributed by atoms with Gasteiger partial charge in [0.1, 0.15) is 17.4 Å². The smallest absolute Gasteiger partial charge is 0.407 e. The maximum absolute atomic E-state index is 14.0. The van der Waals surface area contributed by atoms with Crippen molar-refractivity contribution < 1.29 is 42.9 Å². The van der Waals surface area contributed by atoms with Gasteiger partial charge in [0, 0.05) is 24.4 Å². The first-order valence-corrected chi connectivity index (χ1v) is 18.0. The summed E-state index contributed by atoms with van der Waals surface area (Å²) in [4.78, 5) is 53.4. The Morgan fingerprint density at radius 1 is 0.815 bits per heavy atom. The fourth-order valence-electron chi connectivity index (χ4n) is 6.42. The molecule has 0 aliphatic heterocycles. The second-order valence-corrected chi connectivity index (χ2v) is 14.6. The molecular weight excluding hydrogens is 690 g/mol. The fourth-order valence-corrected chi connectivity index (χ4v) is 6.42. The van der Waals surface area contributed by atoms with E-state index in [4.69, 9.17) is 23.7 Å². The first-order valence-electron chi connectivity index (χ1n) is 18.0.